The first kappa shape index (κ1) is 17.9. The molecule has 0 aromatic rings. The number of hydrogen-bond acceptors (Lipinski definition) is 5. The predicted octanol–water partition coefficient (Wildman–Crippen LogP) is 1.99. The molecule has 0 heterocycles. The van der Waals surface area contributed by atoms with Crippen molar-refractivity contribution in [1.29, 1.82) is 0 Å². The highest BCUT2D eigenvalue weighted by Gasteiger charge is 2.24. The molecule has 0 rings (SSSR count). The molecule has 0 atom stereocenters. The van der Waals surface area contributed by atoms with Gasteiger partial charge < -0.3 is 9.47 Å². The van der Waals surface area contributed by atoms with E-state index < -0.39 is 0 Å². The van der Waals surface area contributed by atoms with E-state index in [1.54, 1.807) is 13.8 Å². The highest BCUT2D eigenvalue weighted by Crippen LogP contribution is 2.14. The Hall–Kier alpha value is -1.10. The van der Waals surface area contributed by atoms with Gasteiger partial charge in [0, 0.05) is 12.0 Å². The molecular formula is C14H27NO4. The lowest BCUT2D eigenvalue weighted by Crippen LogP contribution is -2.45. The fourth-order valence-corrected chi connectivity index (χ4v) is 1.66. The molecule has 0 aromatic carbocycles. The second kappa shape index (κ2) is 8.91. The molecule has 0 aliphatic heterocycles. The van der Waals surface area contributed by atoms with E-state index in [1.807, 2.05) is 25.7 Å². The molecule has 0 aliphatic carbocycles. The smallest absolute Gasteiger partial charge is 0.320 e. The average molecular weight is 273 g/mol. The van der Waals surface area contributed by atoms with Crippen molar-refractivity contribution >= 4 is 11.9 Å². The van der Waals surface area contributed by atoms with Gasteiger partial charge in [-0.2, -0.15) is 0 Å². The van der Waals surface area contributed by atoms with Crippen LogP contribution in [-0.4, -0.2) is 48.7 Å². The second-order valence-corrected chi connectivity index (χ2v) is 5.31. The maximum absolute atomic E-state index is 11.5. The number of rotatable bonds is 8. The highest BCUT2D eigenvalue weighted by atomic mass is 16.5. The standard InChI is InChI=1S/C14H27NO4/c1-6-18-12(16)9-8-10-15(14(3,4)5)11-13(17)19-7-2/h6-11H2,1-5H3. The summed E-state index contributed by atoms with van der Waals surface area (Å²) in [6, 6.07) is 0. The van der Waals surface area contributed by atoms with E-state index >= 15 is 0 Å². The van der Waals surface area contributed by atoms with Crippen molar-refractivity contribution in [1.82, 2.24) is 4.90 Å². The van der Waals surface area contributed by atoms with E-state index in [9.17, 15) is 9.59 Å². The lowest BCUT2D eigenvalue weighted by molar-refractivity contribution is -0.145. The van der Waals surface area contributed by atoms with Gasteiger partial charge in [-0.15, -0.1) is 0 Å². The van der Waals surface area contributed by atoms with Crippen molar-refractivity contribution in [2.45, 2.75) is 53.0 Å². The van der Waals surface area contributed by atoms with Crippen LogP contribution in [0.1, 0.15) is 47.5 Å². The Labute approximate surface area is 116 Å². The fraction of sp³-hybridized carbons (Fsp3) is 0.857. The van der Waals surface area contributed by atoms with Gasteiger partial charge in [-0.3, -0.25) is 14.5 Å². The molecule has 0 aliphatic rings. The van der Waals surface area contributed by atoms with Gasteiger partial charge in [0.15, 0.2) is 0 Å². The van der Waals surface area contributed by atoms with Crippen molar-refractivity contribution in [3.63, 3.8) is 0 Å². The summed E-state index contributed by atoms with van der Waals surface area (Å²) in [5.74, 6) is -0.416. The third kappa shape index (κ3) is 8.59. The van der Waals surface area contributed by atoms with Gasteiger partial charge in [0.2, 0.25) is 0 Å². The van der Waals surface area contributed by atoms with Crippen LogP contribution >= 0.6 is 0 Å². The van der Waals surface area contributed by atoms with E-state index in [2.05, 4.69) is 0 Å². The molecule has 5 heteroatoms. The first-order valence-corrected chi connectivity index (χ1v) is 6.87. The highest BCUT2D eigenvalue weighted by molar-refractivity contribution is 5.71. The summed E-state index contributed by atoms with van der Waals surface area (Å²) in [7, 11) is 0. The molecule has 0 N–H and O–H groups in total. The van der Waals surface area contributed by atoms with Crippen molar-refractivity contribution in [3.8, 4) is 0 Å². The zero-order valence-corrected chi connectivity index (χ0v) is 12.8. The quantitative estimate of drug-likeness (QED) is 0.633. The van der Waals surface area contributed by atoms with Gasteiger partial charge in [-0.05, 0) is 47.6 Å². The van der Waals surface area contributed by atoms with Gasteiger partial charge in [-0.1, -0.05) is 0 Å². The molecule has 112 valence electrons. The van der Waals surface area contributed by atoms with Crippen LogP contribution < -0.4 is 0 Å². The predicted molar refractivity (Wildman–Crippen MR) is 73.8 cm³/mol. The summed E-state index contributed by atoms with van der Waals surface area (Å²) in [4.78, 5) is 24.8. The number of esters is 2. The third-order valence-electron chi connectivity index (χ3n) is 2.69. The van der Waals surface area contributed by atoms with Gasteiger partial charge in [0.05, 0.1) is 19.8 Å². The monoisotopic (exact) mass is 273 g/mol. The summed E-state index contributed by atoms with van der Waals surface area (Å²) in [6.45, 7) is 11.4. The molecule has 0 amide bonds. The van der Waals surface area contributed by atoms with Crippen LogP contribution in [0.2, 0.25) is 0 Å². The molecule has 0 spiro atoms. The average Bonchev–Trinajstić information content (AvgIpc) is 2.27. The van der Waals surface area contributed by atoms with E-state index in [1.165, 1.54) is 0 Å². The lowest BCUT2D eigenvalue weighted by Gasteiger charge is -2.34. The zero-order chi connectivity index (χ0) is 14.9. The molecular weight excluding hydrogens is 246 g/mol. The molecule has 0 unspecified atom stereocenters. The minimum absolute atomic E-state index is 0.137. The van der Waals surface area contributed by atoms with Gasteiger partial charge in [0.1, 0.15) is 0 Å². The van der Waals surface area contributed by atoms with Crippen LogP contribution in [0, 0.1) is 0 Å². The summed E-state index contributed by atoms with van der Waals surface area (Å²) in [5.41, 5.74) is -0.137. The van der Waals surface area contributed by atoms with E-state index in [0.717, 1.165) is 0 Å². The van der Waals surface area contributed by atoms with Crippen LogP contribution in [0.4, 0.5) is 0 Å². The Bertz CT molecular complexity index is 284. The van der Waals surface area contributed by atoms with Crippen molar-refractivity contribution in [2.75, 3.05) is 26.3 Å². The van der Waals surface area contributed by atoms with Crippen LogP contribution in [0.25, 0.3) is 0 Å². The molecule has 19 heavy (non-hydrogen) atoms. The summed E-state index contributed by atoms with van der Waals surface area (Å²) >= 11 is 0. The minimum Gasteiger partial charge on any atom is -0.466 e. The second-order valence-electron chi connectivity index (χ2n) is 5.31. The van der Waals surface area contributed by atoms with Crippen LogP contribution in [0.3, 0.4) is 0 Å². The normalized spacial score (nSPS) is 11.5. The Morgan fingerprint density at radius 1 is 1.00 bits per heavy atom. The molecule has 5 nitrogen and oxygen atoms in total. The van der Waals surface area contributed by atoms with E-state index in [-0.39, 0.29) is 24.0 Å². The SMILES string of the molecule is CCOC(=O)CCCN(CC(=O)OCC)C(C)(C)C. The van der Waals surface area contributed by atoms with Gasteiger partial charge >= 0.3 is 11.9 Å². The number of carbonyl (C=O) groups is 2. The van der Waals surface area contributed by atoms with Crippen molar-refractivity contribution in [3.05, 3.63) is 0 Å². The third-order valence-corrected chi connectivity index (χ3v) is 2.69. The summed E-state index contributed by atoms with van der Waals surface area (Å²) in [5, 5.41) is 0. The Balaban J connectivity index is 4.22. The first-order valence-electron chi connectivity index (χ1n) is 6.87. The first-order chi connectivity index (χ1) is 8.81. The molecule has 0 saturated heterocycles. The zero-order valence-electron chi connectivity index (χ0n) is 12.8. The van der Waals surface area contributed by atoms with Crippen molar-refractivity contribution < 1.29 is 19.1 Å². The maximum atomic E-state index is 11.5. The molecule has 0 saturated carbocycles. The summed E-state index contributed by atoms with van der Waals surface area (Å²) < 4.78 is 9.84. The van der Waals surface area contributed by atoms with Crippen LogP contribution in [0.5, 0.6) is 0 Å². The molecule has 0 bridgehead atoms. The Morgan fingerprint density at radius 3 is 2.00 bits per heavy atom. The van der Waals surface area contributed by atoms with E-state index in [0.29, 0.717) is 32.6 Å². The van der Waals surface area contributed by atoms with E-state index in [4.69, 9.17) is 9.47 Å². The largest absolute Gasteiger partial charge is 0.466 e. The number of nitrogens with zero attached hydrogens (tertiary/aromatic N) is 1. The number of hydrogen-bond donors (Lipinski definition) is 0. The molecule has 0 fully saturated rings. The Morgan fingerprint density at radius 2 is 1.53 bits per heavy atom. The molecule has 0 radical (unpaired) electrons. The summed E-state index contributed by atoms with van der Waals surface area (Å²) in [6.07, 6.45) is 1.05. The number of carbonyl (C=O) groups excluding carboxylic acids is 2. The number of ether oxygens (including phenoxy) is 2. The maximum Gasteiger partial charge on any atom is 0.320 e. The minimum atomic E-state index is -0.228. The fourth-order valence-electron chi connectivity index (χ4n) is 1.66. The van der Waals surface area contributed by atoms with Crippen molar-refractivity contribution in [2.24, 2.45) is 0 Å². The van der Waals surface area contributed by atoms with Crippen LogP contribution in [0.15, 0.2) is 0 Å². The lowest BCUT2D eigenvalue weighted by atomic mass is 10.1. The topological polar surface area (TPSA) is 55.8 Å². The Kier molecular flexibility index (Phi) is 8.39. The molecule has 0 aromatic heterocycles. The van der Waals surface area contributed by atoms with Gasteiger partial charge in [0.25, 0.3) is 0 Å². The van der Waals surface area contributed by atoms with Crippen LogP contribution in [-0.2, 0) is 19.1 Å². The van der Waals surface area contributed by atoms with Gasteiger partial charge in [-0.25, -0.2) is 0 Å².